The minimum absolute atomic E-state index is 0.0560. The number of fused-ring (bicyclic) bond motifs is 2. The number of hydrogen-bond acceptors (Lipinski definition) is 10. The lowest BCUT2D eigenvalue weighted by molar-refractivity contribution is -0.257. The summed E-state index contributed by atoms with van der Waals surface area (Å²) in [5.74, 6) is 2.62. The van der Waals surface area contributed by atoms with E-state index in [-0.39, 0.29) is 17.9 Å². The van der Waals surface area contributed by atoms with Crippen LogP contribution in [0.15, 0.2) is 60.7 Å². The smallest absolute Gasteiger partial charge is 0.173 e. The Bertz CT molecular complexity index is 1930. The van der Waals surface area contributed by atoms with E-state index in [2.05, 4.69) is 42.1 Å². The van der Waals surface area contributed by atoms with Crippen molar-refractivity contribution in [1.29, 1.82) is 0 Å². The second-order valence-electron chi connectivity index (χ2n) is 17.0. The largest absolute Gasteiger partial charge is 0.497 e. The Morgan fingerprint density at radius 2 is 1.41 bits per heavy atom. The quantitative estimate of drug-likeness (QED) is 0.365. The molecule has 0 amide bonds. The molecule has 0 radical (unpaired) electrons. The first kappa shape index (κ1) is 36.1. The van der Waals surface area contributed by atoms with E-state index in [1.807, 2.05) is 42.5 Å². The topological polar surface area (TPSA) is 110 Å². The zero-order chi connectivity index (χ0) is 37.5. The van der Waals surface area contributed by atoms with Crippen LogP contribution >= 0.6 is 0 Å². The van der Waals surface area contributed by atoms with Gasteiger partial charge in [0, 0.05) is 54.2 Å². The van der Waals surface area contributed by atoms with E-state index in [1.165, 1.54) is 11.1 Å². The van der Waals surface area contributed by atoms with Crippen LogP contribution in [0.5, 0.6) is 23.0 Å². The monoisotopic (exact) mass is 738 g/mol. The van der Waals surface area contributed by atoms with Gasteiger partial charge < -0.3 is 43.7 Å². The van der Waals surface area contributed by atoms with Crippen LogP contribution in [0.2, 0.25) is 0 Å². The maximum atomic E-state index is 12.4. The number of ketones is 1. The van der Waals surface area contributed by atoms with Crippen LogP contribution < -0.4 is 14.2 Å². The normalized spacial score (nSPS) is 34.7. The molecule has 54 heavy (non-hydrogen) atoms. The van der Waals surface area contributed by atoms with Gasteiger partial charge in [0.1, 0.15) is 17.3 Å². The molecule has 0 aromatic heterocycles. The van der Waals surface area contributed by atoms with Gasteiger partial charge in [0.2, 0.25) is 0 Å². The molecule has 3 aliphatic heterocycles. The van der Waals surface area contributed by atoms with Crippen molar-refractivity contribution >= 4 is 5.78 Å². The van der Waals surface area contributed by atoms with Crippen molar-refractivity contribution in [1.82, 2.24) is 9.80 Å². The first-order chi connectivity index (χ1) is 26.0. The Morgan fingerprint density at radius 1 is 0.741 bits per heavy atom. The summed E-state index contributed by atoms with van der Waals surface area (Å²) in [6.07, 6.45) is 6.82. The van der Waals surface area contributed by atoms with Gasteiger partial charge in [-0.15, -0.1) is 0 Å². The Morgan fingerprint density at radius 3 is 2.11 bits per heavy atom. The molecule has 3 saturated heterocycles. The maximum Gasteiger partial charge on any atom is 0.173 e. The standard InChI is InChI=1S/C26H31NO5.C18H23NO3/c1-27-13-12-24-17-25(30-14-15-31-25)10-11-26(24,28)21(27)16-18-8-9-20(29-2)23(22(18)24)32-19-6-4-3-5-7-19;1-19-8-7-17-11-13(20)5-6-18(17,21)16(19)9-12-3-4-14(22-2)10-15(12)17/h3-9,21,28H,10-17H2,1-2H3;3-4,10,16,21H,5-9,11H2,1-2H3/t21?,24-,26-;16?,17-,18-/m11/s1. The lowest BCUT2D eigenvalue weighted by Crippen LogP contribution is -2.74. The number of rotatable bonds is 4. The van der Waals surface area contributed by atoms with Crippen LogP contribution in [0, 0.1) is 0 Å². The van der Waals surface area contributed by atoms with Gasteiger partial charge in [-0.05, 0) is 113 Å². The van der Waals surface area contributed by atoms with Crippen molar-refractivity contribution in [3.05, 3.63) is 82.9 Å². The summed E-state index contributed by atoms with van der Waals surface area (Å²) in [4.78, 5) is 16.9. The summed E-state index contributed by atoms with van der Waals surface area (Å²) < 4.78 is 30.1. The highest BCUT2D eigenvalue weighted by Gasteiger charge is 2.69. The molecule has 10 heteroatoms. The highest BCUT2D eigenvalue weighted by Crippen LogP contribution is 2.64. The second kappa shape index (κ2) is 13.0. The number of para-hydroxylation sites is 1. The summed E-state index contributed by atoms with van der Waals surface area (Å²) in [6, 6.07) is 20.3. The maximum absolute atomic E-state index is 12.4. The Hall–Kier alpha value is -3.51. The summed E-state index contributed by atoms with van der Waals surface area (Å²) >= 11 is 0. The van der Waals surface area contributed by atoms with Crippen LogP contribution in [-0.4, -0.2) is 109 Å². The Kier molecular flexibility index (Phi) is 8.72. The highest BCUT2D eigenvalue weighted by molar-refractivity contribution is 5.82. The number of nitrogens with zero attached hydrogens (tertiary/aromatic N) is 2. The molecule has 3 aromatic carbocycles. The molecular formula is C44H54N2O8. The molecule has 4 aliphatic carbocycles. The second-order valence-corrected chi connectivity index (χ2v) is 17.0. The van der Waals surface area contributed by atoms with Gasteiger partial charge in [0.05, 0.1) is 38.6 Å². The predicted octanol–water partition coefficient (Wildman–Crippen LogP) is 5.32. The molecule has 3 aromatic rings. The number of Topliss-reactive ketones (excluding diaryl/α,β-unsaturated/α-hetero) is 1. The lowest BCUT2D eigenvalue weighted by Gasteiger charge is -2.65. The number of carbonyl (C=O) groups excluding carboxylic acids is 1. The van der Waals surface area contributed by atoms with Gasteiger partial charge in [-0.2, -0.15) is 0 Å². The predicted molar refractivity (Wildman–Crippen MR) is 203 cm³/mol. The number of ether oxygens (including phenoxy) is 5. The molecule has 2 N–H and O–H groups in total. The van der Waals surface area contributed by atoms with E-state index in [0.717, 1.165) is 61.4 Å². The van der Waals surface area contributed by atoms with Crippen molar-refractivity contribution in [3.8, 4) is 23.0 Å². The molecule has 2 unspecified atom stereocenters. The zero-order valence-corrected chi connectivity index (χ0v) is 32.1. The van der Waals surface area contributed by atoms with Crippen LogP contribution in [0.3, 0.4) is 0 Å². The van der Waals surface area contributed by atoms with Crippen molar-refractivity contribution in [2.45, 2.75) is 104 Å². The van der Waals surface area contributed by atoms with Crippen LogP contribution in [0.25, 0.3) is 0 Å². The summed E-state index contributed by atoms with van der Waals surface area (Å²) in [7, 11) is 7.57. The van der Waals surface area contributed by atoms with Crippen LogP contribution in [0.4, 0.5) is 0 Å². The fourth-order valence-electron chi connectivity index (χ4n) is 12.0. The molecule has 10 rings (SSSR count). The number of hydrogen-bond donors (Lipinski definition) is 2. The van der Waals surface area contributed by atoms with Gasteiger partial charge in [0.15, 0.2) is 17.3 Å². The number of methoxy groups -OCH3 is 2. The molecule has 288 valence electrons. The first-order valence-corrected chi connectivity index (χ1v) is 19.8. The van der Waals surface area contributed by atoms with Gasteiger partial charge in [0.25, 0.3) is 0 Å². The van der Waals surface area contributed by atoms with Gasteiger partial charge in [-0.1, -0.05) is 30.3 Å². The average molecular weight is 739 g/mol. The number of benzene rings is 3. The highest BCUT2D eigenvalue weighted by atomic mass is 16.7. The van der Waals surface area contributed by atoms with Crippen molar-refractivity contribution in [3.63, 3.8) is 0 Å². The summed E-state index contributed by atoms with van der Waals surface area (Å²) in [5.41, 5.74) is 2.06. The van der Waals surface area contributed by atoms with Crippen molar-refractivity contribution in [2.75, 3.05) is 54.6 Å². The fraction of sp³-hybridized carbons (Fsp3) is 0.568. The van der Waals surface area contributed by atoms with Crippen molar-refractivity contribution < 1.29 is 38.7 Å². The van der Waals surface area contributed by atoms with Crippen LogP contribution in [0.1, 0.15) is 73.6 Å². The number of piperidine rings is 2. The SMILES string of the molecule is COc1ccc2c(c1)[C@]13CCN(C)C(C2)[C@]1(O)CCC(=O)C3.COc1ccc2c(c1Oc1ccccc1)[C@]13CCN(C)C(C2)[C@]1(O)CCC1(C3)OCCO1. The van der Waals surface area contributed by atoms with Gasteiger partial charge in [-0.25, -0.2) is 0 Å². The fourth-order valence-corrected chi connectivity index (χ4v) is 12.0. The molecule has 3 heterocycles. The van der Waals surface area contributed by atoms with E-state index in [4.69, 9.17) is 23.7 Å². The molecule has 6 atom stereocenters. The molecule has 5 fully saturated rings. The first-order valence-electron chi connectivity index (χ1n) is 19.8. The molecule has 7 aliphatic rings. The third-order valence-electron chi connectivity index (χ3n) is 14.7. The average Bonchev–Trinajstić information content (AvgIpc) is 3.63. The molecule has 4 bridgehead atoms. The van der Waals surface area contributed by atoms with Crippen LogP contribution in [-0.2, 0) is 37.9 Å². The van der Waals surface area contributed by atoms with E-state index < -0.39 is 27.8 Å². The third-order valence-corrected chi connectivity index (χ3v) is 14.7. The zero-order valence-electron chi connectivity index (χ0n) is 32.1. The minimum atomic E-state index is -0.880. The number of carbonyl (C=O) groups is 1. The Balaban J connectivity index is 0.000000153. The van der Waals surface area contributed by atoms with Gasteiger partial charge in [-0.3, -0.25) is 4.79 Å². The van der Waals surface area contributed by atoms with E-state index in [9.17, 15) is 15.0 Å². The lowest BCUT2D eigenvalue weighted by atomic mass is 9.48. The summed E-state index contributed by atoms with van der Waals surface area (Å²) in [6.45, 7) is 3.05. The van der Waals surface area contributed by atoms with E-state index in [0.29, 0.717) is 63.2 Å². The molecule has 10 nitrogen and oxygen atoms in total. The summed E-state index contributed by atoms with van der Waals surface area (Å²) in [5, 5.41) is 24.1. The number of likely N-dealkylation sites (N-methyl/N-ethyl adjacent to an activating group) is 2. The van der Waals surface area contributed by atoms with Gasteiger partial charge >= 0.3 is 0 Å². The molecular weight excluding hydrogens is 684 g/mol. The number of likely N-dealkylation sites (tertiary alicyclic amines) is 2. The third kappa shape index (κ3) is 5.17. The number of aliphatic hydroxyl groups is 2. The minimum Gasteiger partial charge on any atom is -0.497 e. The van der Waals surface area contributed by atoms with E-state index >= 15 is 0 Å². The molecule has 1 spiro atoms. The Labute approximate surface area is 318 Å². The van der Waals surface area contributed by atoms with E-state index in [1.54, 1.807) is 14.2 Å². The molecule has 2 saturated carbocycles. The van der Waals surface area contributed by atoms with Crippen molar-refractivity contribution in [2.24, 2.45) is 0 Å².